The molecule has 3 aromatic rings. The molecular weight excluding hydrogens is 485 g/mol. The fourth-order valence-electron chi connectivity index (χ4n) is 5.24. The van der Waals surface area contributed by atoms with Gasteiger partial charge in [0.05, 0.1) is 40.8 Å². The zero-order valence-corrected chi connectivity index (χ0v) is 21.3. The van der Waals surface area contributed by atoms with Crippen LogP contribution in [0.3, 0.4) is 0 Å². The number of rotatable bonds is 5. The topological polar surface area (TPSA) is 63.9 Å². The molecule has 0 spiro atoms. The Balaban J connectivity index is 1.55. The van der Waals surface area contributed by atoms with Gasteiger partial charge in [-0.15, -0.1) is 0 Å². The maximum atomic E-state index is 13.6. The summed E-state index contributed by atoms with van der Waals surface area (Å²) in [7, 11) is 1.62. The first-order valence-corrected chi connectivity index (χ1v) is 12.7. The van der Waals surface area contributed by atoms with E-state index in [9.17, 15) is 9.59 Å². The van der Waals surface area contributed by atoms with Crippen molar-refractivity contribution in [2.24, 2.45) is 5.10 Å². The van der Waals surface area contributed by atoms with Gasteiger partial charge in [-0.3, -0.25) is 14.2 Å². The van der Waals surface area contributed by atoms with Crippen LogP contribution in [0.4, 0.5) is 0 Å². The van der Waals surface area contributed by atoms with Gasteiger partial charge in [-0.1, -0.05) is 42.5 Å². The van der Waals surface area contributed by atoms with Gasteiger partial charge in [-0.25, -0.2) is 5.01 Å². The van der Waals surface area contributed by atoms with Gasteiger partial charge in [-0.2, -0.15) is 5.10 Å². The molecule has 0 unspecified atom stereocenters. The number of benzene rings is 2. The van der Waals surface area contributed by atoms with Crippen molar-refractivity contribution in [2.45, 2.75) is 57.9 Å². The third-order valence-electron chi connectivity index (χ3n) is 7.07. The average Bonchev–Trinajstić information content (AvgIpc) is 3.37. The number of methoxy groups -OCH3 is 1. The number of hydrogen-bond donors (Lipinski definition) is 0. The van der Waals surface area contributed by atoms with Crippen molar-refractivity contribution in [2.75, 3.05) is 7.11 Å². The highest BCUT2D eigenvalue weighted by Gasteiger charge is 2.32. The first-order chi connectivity index (χ1) is 16.9. The molecule has 1 amide bonds. The largest absolute Gasteiger partial charge is 0.497 e. The minimum atomic E-state index is -0.198. The standard InChI is InChI=1S/C27H27Cl2N3O3/c1-16-21(13-18-14-26(33)32(30-18)19-6-4-3-5-7-19)22-15-20(35-2)9-11-25(22)31(16)27(34)17-8-10-23(28)24(29)12-17/h8-12,15,19H,3-7,13-14H2,1-2H3. The Kier molecular flexibility index (Phi) is 6.60. The summed E-state index contributed by atoms with van der Waals surface area (Å²) in [6.45, 7) is 1.92. The van der Waals surface area contributed by atoms with Crippen molar-refractivity contribution in [1.82, 2.24) is 9.58 Å². The van der Waals surface area contributed by atoms with Crippen LogP contribution in [0.1, 0.15) is 60.1 Å². The van der Waals surface area contributed by atoms with E-state index >= 15 is 0 Å². The Labute approximate surface area is 214 Å². The average molecular weight is 512 g/mol. The summed E-state index contributed by atoms with van der Waals surface area (Å²) in [5.74, 6) is 0.569. The normalized spacial score (nSPS) is 16.7. The summed E-state index contributed by atoms with van der Waals surface area (Å²) in [4.78, 5) is 26.4. The molecule has 0 N–H and O–H groups in total. The van der Waals surface area contributed by atoms with Gasteiger partial charge >= 0.3 is 0 Å². The molecule has 2 heterocycles. The molecule has 8 heteroatoms. The van der Waals surface area contributed by atoms with Crippen molar-refractivity contribution < 1.29 is 14.3 Å². The van der Waals surface area contributed by atoms with Crippen molar-refractivity contribution >= 4 is 51.6 Å². The van der Waals surface area contributed by atoms with Crippen molar-refractivity contribution in [1.29, 1.82) is 0 Å². The molecule has 1 saturated carbocycles. The van der Waals surface area contributed by atoms with Crippen LogP contribution in [0.15, 0.2) is 41.5 Å². The number of aromatic nitrogens is 1. The molecule has 1 aromatic heterocycles. The fourth-order valence-corrected chi connectivity index (χ4v) is 5.54. The van der Waals surface area contributed by atoms with Gasteiger partial charge in [0.15, 0.2) is 0 Å². The van der Waals surface area contributed by atoms with Crippen LogP contribution >= 0.6 is 23.2 Å². The van der Waals surface area contributed by atoms with E-state index in [0.717, 1.165) is 53.6 Å². The zero-order valence-electron chi connectivity index (χ0n) is 19.8. The number of fused-ring (bicyclic) bond motifs is 1. The highest BCUT2D eigenvalue weighted by atomic mass is 35.5. The molecule has 182 valence electrons. The zero-order chi connectivity index (χ0) is 24.7. The second kappa shape index (κ2) is 9.67. The van der Waals surface area contributed by atoms with E-state index in [1.807, 2.05) is 25.1 Å². The summed E-state index contributed by atoms with van der Waals surface area (Å²) in [5, 5.41) is 8.10. The second-order valence-electron chi connectivity index (χ2n) is 9.27. The summed E-state index contributed by atoms with van der Waals surface area (Å²) < 4.78 is 7.16. The Bertz CT molecular complexity index is 1360. The van der Waals surface area contributed by atoms with Crippen LogP contribution in [0.2, 0.25) is 10.0 Å². The van der Waals surface area contributed by atoms with Crippen LogP contribution in [0, 0.1) is 6.92 Å². The summed E-state index contributed by atoms with van der Waals surface area (Å²) in [6, 6.07) is 10.7. The van der Waals surface area contributed by atoms with E-state index < -0.39 is 0 Å². The molecule has 0 atom stereocenters. The summed E-state index contributed by atoms with van der Waals surface area (Å²) in [5.41, 5.74) is 3.80. The Morgan fingerprint density at radius 3 is 2.57 bits per heavy atom. The lowest BCUT2D eigenvalue weighted by Gasteiger charge is -2.27. The van der Waals surface area contributed by atoms with E-state index in [0.29, 0.717) is 34.2 Å². The third kappa shape index (κ3) is 4.45. The van der Waals surface area contributed by atoms with E-state index in [1.54, 1.807) is 34.9 Å². The van der Waals surface area contributed by atoms with Gasteiger partial charge in [0.1, 0.15) is 5.75 Å². The number of ether oxygens (including phenoxy) is 1. The number of nitrogens with zero attached hydrogens (tertiary/aromatic N) is 3. The van der Waals surface area contributed by atoms with Gasteiger partial charge in [0, 0.05) is 23.1 Å². The molecule has 35 heavy (non-hydrogen) atoms. The number of halogens is 2. The minimum Gasteiger partial charge on any atom is -0.497 e. The van der Waals surface area contributed by atoms with E-state index in [2.05, 4.69) is 0 Å². The maximum absolute atomic E-state index is 13.6. The predicted molar refractivity (Wildman–Crippen MR) is 139 cm³/mol. The fraction of sp³-hybridized carbons (Fsp3) is 0.370. The van der Waals surface area contributed by atoms with Crippen LogP contribution in [-0.2, 0) is 11.2 Å². The second-order valence-corrected chi connectivity index (χ2v) is 10.1. The molecule has 2 aliphatic rings. The smallest absolute Gasteiger partial charge is 0.262 e. The number of carbonyl (C=O) groups is 2. The van der Waals surface area contributed by atoms with Crippen molar-refractivity contribution in [3.05, 3.63) is 63.3 Å². The SMILES string of the molecule is COc1ccc2c(c1)c(CC1=NN(C3CCCCC3)C(=O)C1)c(C)n2C(=O)c1ccc(Cl)c(Cl)c1. The number of amides is 1. The Morgan fingerprint density at radius 2 is 1.86 bits per heavy atom. The number of hydrazone groups is 1. The Morgan fingerprint density at radius 1 is 1.09 bits per heavy atom. The van der Waals surface area contributed by atoms with E-state index in [4.69, 9.17) is 33.0 Å². The molecule has 0 bridgehead atoms. The minimum absolute atomic E-state index is 0.0674. The molecule has 1 aliphatic heterocycles. The molecule has 1 aliphatic carbocycles. The molecule has 0 radical (unpaired) electrons. The molecule has 1 fully saturated rings. The quantitative estimate of drug-likeness (QED) is 0.397. The highest BCUT2D eigenvalue weighted by molar-refractivity contribution is 6.42. The van der Waals surface area contributed by atoms with Gasteiger partial charge in [-0.05, 0) is 61.7 Å². The van der Waals surface area contributed by atoms with E-state index in [1.165, 1.54) is 6.42 Å². The molecule has 0 saturated heterocycles. The lowest BCUT2D eigenvalue weighted by molar-refractivity contribution is -0.131. The monoisotopic (exact) mass is 511 g/mol. The van der Waals surface area contributed by atoms with Gasteiger partial charge in [0.25, 0.3) is 5.91 Å². The first kappa shape index (κ1) is 23.9. The van der Waals surface area contributed by atoms with Gasteiger partial charge in [0.2, 0.25) is 5.91 Å². The molecule has 6 nitrogen and oxygen atoms in total. The summed E-state index contributed by atoms with van der Waals surface area (Å²) in [6.07, 6.45) is 6.33. The predicted octanol–water partition coefficient (Wildman–Crippen LogP) is 6.42. The first-order valence-electron chi connectivity index (χ1n) is 11.9. The van der Waals surface area contributed by atoms with Gasteiger partial charge < -0.3 is 4.74 Å². The van der Waals surface area contributed by atoms with Crippen LogP contribution in [0.25, 0.3) is 10.9 Å². The Hall–Kier alpha value is -2.83. The highest BCUT2D eigenvalue weighted by Crippen LogP contribution is 2.33. The van der Waals surface area contributed by atoms with Crippen molar-refractivity contribution in [3.8, 4) is 5.75 Å². The number of carbonyl (C=O) groups excluding carboxylic acids is 2. The molecular formula is C27H27Cl2N3O3. The van der Waals surface area contributed by atoms with Crippen molar-refractivity contribution in [3.63, 3.8) is 0 Å². The van der Waals surface area contributed by atoms with Crippen LogP contribution in [-0.4, -0.2) is 40.3 Å². The lowest BCUT2D eigenvalue weighted by atomic mass is 9.95. The third-order valence-corrected chi connectivity index (χ3v) is 7.81. The van der Waals surface area contributed by atoms with E-state index in [-0.39, 0.29) is 17.9 Å². The molecule has 5 rings (SSSR count). The van der Waals surface area contributed by atoms with Crippen LogP contribution in [0.5, 0.6) is 5.75 Å². The lowest BCUT2D eigenvalue weighted by Crippen LogP contribution is -2.34. The molecule has 2 aromatic carbocycles. The summed E-state index contributed by atoms with van der Waals surface area (Å²) >= 11 is 12.3. The number of hydrogen-bond acceptors (Lipinski definition) is 4. The maximum Gasteiger partial charge on any atom is 0.262 e. The van der Waals surface area contributed by atoms with Crippen LogP contribution < -0.4 is 4.74 Å².